The van der Waals surface area contributed by atoms with E-state index in [1.807, 2.05) is 0 Å². The Kier molecular flexibility index (Phi) is 4.37. The lowest BCUT2D eigenvalue weighted by molar-refractivity contribution is -0.113. The van der Waals surface area contributed by atoms with Gasteiger partial charge in [-0.15, -0.1) is 0 Å². The Balaban J connectivity index is 3.40. The molecule has 0 fully saturated rings. The molecule has 0 aliphatic carbocycles. The van der Waals surface area contributed by atoms with Crippen molar-refractivity contribution in [3.05, 3.63) is 0 Å². The minimum Gasteiger partial charge on any atom is -0.313 e. The second-order valence-corrected chi connectivity index (χ2v) is 2.14. The van der Waals surface area contributed by atoms with E-state index in [2.05, 4.69) is 0 Å². The third-order valence-electron chi connectivity index (χ3n) is 1.17. The van der Waals surface area contributed by atoms with Gasteiger partial charge in [-0.25, -0.2) is 0 Å². The van der Waals surface area contributed by atoms with Crippen LogP contribution in [0.15, 0.2) is 0 Å². The molecule has 3 heteroatoms. The van der Waals surface area contributed by atoms with Crippen LogP contribution in [0.25, 0.3) is 0 Å². The first-order valence-corrected chi connectivity index (χ1v) is 3.25. The summed E-state index contributed by atoms with van der Waals surface area (Å²) >= 11 is 0. The van der Waals surface area contributed by atoms with Gasteiger partial charge in [0.2, 0.25) is 0 Å². The van der Waals surface area contributed by atoms with Crippen molar-refractivity contribution in [3.63, 3.8) is 0 Å². The molecule has 0 radical (unpaired) electrons. The zero-order valence-corrected chi connectivity index (χ0v) is 6.11. The lowest BCUT2D eigenvalue weighted by atomic mass is 10.1. The fourth-order valence-corrected chi connectivity index (χ4v) is 0.552. The van der Waals surface area contributed by atoms with E-state index in [4.69, 9.17) is 10.8 Å². The van der Waals surface area contributed by atoms with Crippen LogP contribution in [0.5, 0.6) is 0 Å². The van der Waals surface area contributed by atoms with Crippen molar-refractivity contribution in [2.24, 2.45) is 0 Å². The van der Waals surface area contributed by atoms with Crippen LogP contribution in [-0.2, 0) is 4.79 Å². The average molecular weight is 140 g/mol. The maximum atomic E-state index is 10.7. The van der Waals surface area contributed by atoms with Crippen molar-refractivity contribution >= 4 is 17.7 Å². The second-order valence-electron chi connectivity index (χ2n) is 2.14. The Morgan fingerprint density at radius 1 is 1.60 bits per heavy atom. The normalized spacial score (nSPS) is 8.90. The molecule has 0 atom stereocenters. The van der Waals surface area contributed by atoms with Crippen LogP contribution in [0.1, 0.15) is 26.2 Å². The number of Topliss-reactive ketones (excluding diaryl/α,β-unsaturated/α-hetero) is 1. The van der Waals surface area contributed by atoms with Crippen LogP contribution in [0.4, 0.5) is 0 Å². The van der Waals surface area contributed by atoms with Crippen LogP contribution in [0.3, 0.4) is 0 Å². The second kappa shape index (κ2) is 4.85. The van der Waals surface area contributed by atoms with Crippen molar-refractivity contribution in [2.75, 3.05) is 0 Å². The molecule has 0 rings (SSSR count). The van der Waals surface area contributed by atoms with E-state index in [0.29, 0.717) is 19.3 Å². The highest BCUT2D eigenvalue weighted by atomic mass is 16.1. The molecule has 0 aliphatic heterocycles. The molecule has 10 heavy (non-hydrogen) atoms. The highest BCUT2D eigenvalue weighted by molar-refractivity contribution is 6.37. The molecule has 0 bridgehead atoms. The first-order chi connectivity index (χ1) is 4.68. The molecule has 0 amide bonds. The van der Waals surface area contributed by atoms with Crippen LogP contribution in [0, 0.1) is 10.8 Å². The van der Waals surface area contributed by atoms with Gasteiger partial charge in [0.05, 0.1) is 5.71 Å². The van der Waals surface area contributed by atoms with E-state index in [9.17, 15) is 4.79 Å². The zero-order chi connectivity index (χ0) is 7.98. The Morgan fingerprint density at radius 2 is 2.20 bits per heavy atom. The SMILES string of the molecule is CC(=N)C(=O)CCCC=N. The van der Waals surface area contributed by atoms with Gasteiger partial charge in [-0.3, -0.25) is 4.79 Å². The summed E-state index contributed by atoms with van der Waals surface area (Å²) < 4.78 is 0. The molecular formula is C7H12N2O. The van der Waals surface area contributed by atoms with Gasteiger partial charge in [0.1, 0.15) is 0 Å². The van der Waals surface area contributed by atoms with E-state index >= 15 is 0 Å². The van der Waals surface area contributed by atoms with E-state index in [1.165, 1.54) is 13.1 Å². The van der Waals surface area contributed by atoms with Gasteiger partial charge in [0, 0.05) is 6.42 Å². The molecule has 3 nitrogen and oxygen atoms in total. The van der Waals surface area contributed by atoms with Gasteiger partial charge < -0.3 is 10.8 Å². The summed E-state index contributed by atoms with van der Waals surface area (Å²) in [5.41, 5.74) is 0.116. The largest absolute Gasteiger partial charge is 0.313 e. The quantitative estimate of drug-likeness (QED) is 0.440. The van der Waals surface area contributed by atoms with Gasteiger partial charge in [-0.1, -0.05) is 0 Å². The summed E-state index contributed by atoms with van der Waals surface area (Å²) in [6.45, 7) is 1.49. The van der Waals surface area contributed by atoms with Crippen molar-refractivity contribution in [2.45, 2.75) is 26.2 Å². The summed E-state index contributed by atoms with van der Waals surface area (Å²) in [5.74, 6) is -0.109. The molecule has 0 heterocycles. The van der Waals surface area contributed by atoms with Crippen molar-refractivity contribution in [3.8, 4) is 0 Å². The van der Waals surface area contributed by atoms with E-state index < -0.39 is 0 Å². The van der Waals surface area contributed by atoms with Crippen LogP contribution >= 0.6 is 0 Å². The summed E-state index contributed by atoms with van der Waals surface area (Å²) in [4.78, 5) is 10.7. The fourth-order valence-electron chi connectivity index (χ4n) is 0.552. The number of nitrogens with one attached hydrogen (secondary N) is 2. The maximum absolute atomic E-state index is 10.7. The maximum Gasteiger partial charge on any atom is 0.176 e. The summed E-state index contributed by atoms with van der Waals surface area (Å²) in [7, 11) is 0. The monoisotopic (exact) mass is 140 g/mol. The van der Waals surface area contributed by atoms with Gasteiger partial charge in [-0.2, -0.15) is 0 Å². The summed E-state index contributed by atoms with van der Waals surface area (Å²) in [6, 6.07) is 0. The predicted molar refractivity (Wildman–Crippen MR) is 41.0 cm³/mol. The Hall–Kier alpha value is -0.990. The lowest BCUT2D eigenvalue weighted by Crippen LogP contribution is -2.07. The molecule has 56 valence electrons. The first-order valence-electron chi connectivity index (χ1n) is 3.25. The highest BCUT2D eigenvalue weighted by Crippen LogP contribution is 1.94. The Bertz CT molecular complexity index is 152. The molecule has 0 spiro atoms. The fraction of sp³-hybridized carbons (Fsp3) is 0.571. The molecule has 0 aromatic carbocycles. The smallest absolute Gasteiger partial charge is 0.176 e. The van der Waals surface area contributed by atoms with E-state index in [-0.39, 0.29) is 11.5 Å². The molecule has 2 N–H and O–H groups in total. The number of unbranched alkanes of at least 4 members (excludes halogenated alkanes) is 1. The minimum absolute atomic E-state index is 0.109. The zero-order valence-electron chi connectivity index (χ0n) is 6.11. The third kappa shape index (κ3) is 3.95. The Morgan fingerprint density at radius 3 is 2.60 bits per heavy atom. The highest BCUT2D eigenvalue weighted by Gasteiger charge is 2.01. The van der Waals surface area contributed by atoms with Gasteiger partial charge in [0.15, 0.2) is 5.78 Å². The van der Waals surface area contributed by atoms with E-state index in [0.717, 1.165) is 0 Å². The standard InChI is InChI=1S/C7H12N2O/c1-6(9)7(10)4-2-3-5-8/h5,8-9H,2-4H2,1H3. The number of hydrogen-bond acceptors (Lipinski definition) is 3. The summed E-state index contributed by atoms with van der Waals surface area (Å²) in [5, 5.41) is 13.6. The molecule has 0 aromatic rings. The number of rotatable bonds is 5. The van der Waals surface area contributed by atoms with E-state index in [1.54, 1.807) is 0 Å². The number of carbonyl (C=O) groups is 1. The number of hydrogen-bond donors (Lipinski definition) is 2. The van der Waals surface area contributed by atoms with Crippen molar-refractivity contribution in [1.82, 2.24) is 0 Å². The first kappa shape index (κ1) is 9.01. The topological polar surface area (TPSA) is 64.8 Å². The van der Waals surface area contributed by atoms with Gasteiger partial charge in [-0.05, 0) is 26.0 Å². The van der Waals surface area contributed by atoms with Crippen molar-refractivity contribution in [1.29, 1.82) is 10.8 Å². The summed E-state index contributed by atoms with van der Waals surface area (Å²) in [6.07, 6.45) is 3.02. The molecule has 0 aromatic heterocycles. The van der Waals surface area contributed by atoms with Crippen LogP contribution < -0.4 is 0 Å². The molecule has 0 saturated heterocycles. The van der Waals surface area contributed by atoms with Gasteiger partial charge >= 0.3 is 0 Å². The van der Waals surface area contributed by atoms with Gasteiger partial charge in [0.25, 0.3) is 0 Å². The van der Waals surface area contributed by atoms with Crippen molar-refractivity contribution < 1.29 is 4.79 Å². The minimum atomic E-state index is -0.109. The molecule has 0 aliphatic rings. The van der Waals surface area contributed by atoms with Crippen LogP contribution in [0.2, 0.25) is 0 Å². The average Bonchev–Trinajstić information content (AvgIpc) is 1.88. The third-order valence-corrected chi connectivity index (χ3v) is 1.17. The molecule has 0 saturated carbocycles. The lowest BCUT2D eigenvalue weighted by Gasteiger charge is -1.93. The van der Waals surface area contributed by atoms with Crippen LogP contribution in [-0.4, -0.2) is 17.7 Å². The molecular weight excluding hydrogens is 128 g/mol. The molecule has 0 unspecified atom stereocenters. The predicted octanol–water partition coefficient (Wildman–Crippen LogP) is 1.42. The number of carbonyl (C=O) groups excluding carboxylic acids is 1. The number of ketones is 1. The Labute approximate surface area is 60.5 Å².